The van der Waals surface area contributed by atoms with E-state index in [-0.39, 0.29) is 17.4 Å². The second-order valence-corrected chi connectivity index (χ2v) is 14.1. The number of fused-ring (bicyclic) bond motifs is 5. The zero-order valence-corrected chi connectivity index (χ0v) is 24.8. The van der Waals surface area contributed by atoms with E-state index in [0.717, 1.165) is 57.1 Å². The molecule has 216 valence electrons. The largest absolute Gasteiger partial charge is 0.494 e. The third-order valence-electron chi connectivity index (χ3n) is 11.9. The SMILES string of the molecule is CN(C)C(=O)CCCOc1cccc(CCC[C@@H]2C[C@H]3CC(=O)CC[C@]3(C)[C@H]3CC[C@]4(C)[C@@H](O)CC[C@H]4[C@H]23)c1. The summed E-state index contributed by atoms with van der Waals surface area (Å²) in [5, 5.41) is 11.0. The second kappa shape index (κ2) is 11.5. The lowest BCUT2D eigenvalue weighted by Gasteiger charge is -2.62. The number of benzene rings is 1. The maximum atomic E-state index is 12.5. The number of Topliss-reactive ketones (excluding diaryl/α,β-unsaturated/α-hetero) is 1. The van der Waals surface area contributed by atoms with Gasteiger partial charge in [-0.1, -0.05) is 26.0 Å². The van der Waals surface area contributed by atoms with Crippen LogP contribution in [0.3, 0.4) is 0 Å². The Labute approximate surface area is 236 Å². The Kier molecular flexibility index (Phi) is 8.48. The van der Waals surface area contributed by atoms with Crippen molar-refractivity contribution in [3.05, 3.63) is 29.8 Å². The van der Waals surface area contributed by atoms with Gasteiger partial charge in [0, 0.05) is 33.4 Å². The summed E-state index contributed by atoms with van der Waals surface area (Å²) < 4.78 is 5.97. The molecule has 4 saturated carbocycles. The van der Waals surface area contributed by atoms with Gasteiger partial charge in [-0.2, -0.15) is 0 Å². The van der Waals surface area contributed by atoms with Crippen molar-refractivity contribution < 1.29 is 19.4 Å². The van der Waals surface area contributed by atoms with Crippen molar-refractivity contribution >= 4 is 11.7 Å². The first-order chi connectivity index (χ1) is 18.6. The van der Waals surface area contributed by atoms with Gasteiger partial charge in [0.05, 0.1) is 12.7 Å². The number of carbonyl (C=O) groups excluding carboxylic acids is 2. The number of hydrogen-bond acceptors (Lipinski definition) is 4. The molecule has 39 heavy (non-hydrogen) atoms. The topological polar surface area (TPSA) is 66.8 Å². The monoisotopic (exact) mass is 537 g/mol. The summed E-state index contributed by atoms with van der Waals surface area (Å²) in [6, 6.07) is 8.46. The number of hydrogen-bond donors (Lipinski definition) is 1. The van der Waals surface area contributed by atoms with E-state index < -0.39 is 0 Å². The van der Waals surface area contributed by atoms with Gasteiger partial charge in [-0.05, 0) is 122 Å². The molecule has 5 nitrogen and oxygen atoms in total. The van der Waals surface area contributed by atoms with E-state index in [1.54, 1.807) is 19.0 Å². The van der Waals surface area contributed by atoms with Crippen molar-refractivity contribution in [3.63, 3.8) is 0 Å². The molecule has 8 atom stereocenters. The van der Waals surface area contributed by atoms with E-state index >= 15 is 0 Å². The predicted octanol–water partition coefficient (Wildman–Crippen LogP) is 6.46. The highest BCUT2D eigenvalue weighted by molar-refractivity contribution is 5.79. The van der Waals surface area contributed by atoms with Crippen molar-refractivity contribution in [1.82, 2.24) is 4.90 Å². The summed E-state index contributed by atoms with van der Waals surface area (Å²) in [7, 11) is 3.58. The Morgan fingerprint density at radius 2 is 1.87 bits per heavy atom. The number of aliphatic hydroxyl groups is 1. The molecule has 1 N–H and O–H groups in total. The molecule has 0 saturated heterocycles. The van der Waals surface area contributed by atoms with Gasteiger partial charge in [0.1, 0.15) is 11.5 Å². The second-order valence-electron chi connectivity index (χ2n) is 14.1. The molecule has 0 aliphatic heterocycles. The Balaban J connectivity index is 1.23. The molecule has 1 aromatic carbocycles. The van der Waals surface area contributed by atoms with Crippen LogP contribution in [-0.4, -0.2) is 48.5 Å². The summed E-state index contributed by atoms with van der Waals surface area (Å²) in [5.41, 5.74) is 1.69. The zero-order valence-electron chi connectivity index (χ0n) is 24.8. The van der Waals surface area contributed by atoms with Gasteiger partial charge < -0.3 is 14.7 Å². The van der Waals surface area contributed by atoms with Crippen LogP contribution in [0.25, 0.3) is 0 Å². The minimum absolute atomic E-state index is 0.0793. The average Bonchev–Trinajstić information content (AvgIpc) is 3.21. The van der Waals surface area contributed by atoms with Gasteiger partial charge in [-0.25, -0.2) is 0 Å². The summed E-state index contributed by atoms with van der Waals surface area (Å²) in [5.74, 6) is 4.72. The van der Waals surface area contributed by atoms with E-state index in [0.29, 0.717) is 53.8 Å². The van der Waals surface area contributed by atoms with E-state index in [4.69, 9.17) is 4.74 Å². The maximum Gasteiger partial charge on any atom is 0.222 e. The molecule has 1 aromatic rings. The van der Waals surface area contributed by atoms with Crippen molar-refractivity contribution in [3.8, 4) is 5.75 Å². The fraction of sp³-hybridized carbons (Fsp3) is 0.765. The van der Waals surface area contributed by atoms with E-state index in [1.165, 1.54) is 31.2 Å². The molecule has 0 radical (unpaired) electrons. The molecule has 0 unspecified atom stereocenters. The van der Waals surface area contributed by atoms with Crippen LogP contribution in [0.5, 0.6) is 5.75 Å². The molecule has 5 heteroatoms. The molecule has 0 spiro atoms. The number of aryl methyl sites for hydroxylation is 1. The minimum atomic E-state index is -0.147. The standard InChI is InChI=1S/C34H51NO4/c1-33-17-15-26(36)22-25(33)21-24(32-28-13-14-30(37)34(28,2)18-16-29(32)33)10-5-8-23-9-6-11-27(20-23)39-19-7-12-31(38)35(3)4/h6,9,11,20,24-25,28-30,32,37H,5,7-8,10,12-19,21-22H2,1-4H3/t24-,25+,28+,29+,30+,32+,33+,34+/m1/s1. The molecule has 4 fully saturated rings. The third-order valence-corrected chi connectivity index (χ3v) is 11.9. The number of aliphatic hydroxyl groups excluding tert-OH is 1. The number of carbonyl (C=O) groups is 2. The highest BCUT2D eigenvalue weighted by Crippen LogP contribution is 2.67. The van der Waals surface area contributed by atoms with E-state index in [1.807, 2.05) is 6.07 Å². The molecule has 0 bridgehead atoms. The quantitative estimate of drug-likeness (QED) is 0.367. The predicted molar refractivity (Wildman–Crippen MR) is 154 cm³/mol. The Bertz CT molecular complexity index is 1040. The Morgan fingerprint density at radius 3 is 2.67 bits per heavy atom. The van der Waals surface area contributed by atoms with Crippen molar-refractivity contribution in [2.45, 2.75) is 103 Å². The van der Waals surface area contributed by atoms with Crippen LogP contribution in [0, 0.1) is 40.4 Å². The zero-order chi connectivity index (χ0) is 27.8. The van der Waals surface area contributed by atoms with Crippen molar-refractivity contribution in [2.24, 2.45) is 40.4 Å². The normalized spacial score (nSPS) is 37.5. The first-order valence-electron chi connectivity index (χ1n) is 15.7. The van der Waals surface area contributed by atoms with Gasteiger partial charge in [0.25, 0.3) is 0 Å². The summed E-state index contributed by atoms with van der Waals surface area (Å²) in [6.07, 6.45) is 12.8. The lowest BCUT2D eigenvalue weighted by atomic mass is 9.42. The minimum Gasteiger partial charge on any atom is -0.494 e. The van der Waals surface area contributed by atoms with Crippen molar-refractivity contribution in [2.75, 3.05) is 20.7 Å². The fourth-order valence-electron chi connectivity index (χ4n) is 9.49. The van der Waals surface area contributed by atoms with E-state index in [9.17, 15) is 14.7 Å². The molecule has 4 aliphatic rings. The first-order valence-corrected chi connectivity index (χ1v) is 15.7. The van der Waals surface area contributed by atoms with Gasteiger partial charge >= 0.3 is 0 Å². The molecular weight excluding hydrogens is 486 g/mol. The van der Waals surface area contributed by atoms with Crippen LogP contribution in [-0.2, 0) is 16.0 Å². The number of rotatable bonds is 9. The van der Waals surface area contributed by atoms with Crippen LogP contribution in [0.1, 0.15) is 96.5 Å². The highest BCUT2D eigenvalue weighted by Gasteiger charge is 2.62. The van der Waals surface area contributed by atoms with Gasteiger partial charge in [0.2, 0.25) is 5.91 Å². The van der Waals surface area contributed by atoms with Crippen LogP contribution in [0.4, 0.5) is 0 Å². The van der Waals surface area contributed by atoms with Crippen LogP contribution >= 0.6 is 0 Å². The smallest absolute Gasteiger partial charge is 0.222 e. The third kappa shape index (κ3) is 5.67. The molecule has 5 rings (SSSR count). The average molecular weight is 538 g/mol. The fourth-order valence-corrected chi connectivity index (χ4v) is 9.49. The summed E-state index contributed by atoms with van der Waals surface area (Å²) >= 11 is 0. The summed E-state index contributed by atoms with van der Waals surface area (Å²) in [4.78, 5) is 25.9. The number of nitrogens with zero attached hydrogens (tertiary/aromatic N) is 1. The van der Waals surface area contributed by atoms with Gasteiger partial charge in [0.15, 0.2) is 0 Å². The number of ether oxygens (including phenoxy) is 1. The summed E-state index contributed by atoms with van der Waals surface area (Å²) in [6.45, 7) is 5.45. The number of ketones is 1. The van der Waals surface area contributed by atoms with Crippen LogP contribution in [0.15, 0.2) is 24.3 Å². The van der Waals surface area contributed by atoms with Gasteiger partial charge in [-0.15, -0.1) is 0 Å². The van der Waals surface area contributed by atoms with E-state index in [2.05, 4.69) is 32.0 Å². The van der Waals surface area contributed by atoms with Crippen LogP contribution < -0.4 is 4.74 Å². The maximum absolute atomic E-state index is 12.5. The number of amides is 1. The molecule has 0 aromatic heterocycles. The molecule has 1 amide bonds. The lowest BCUT2D eigenvalue weighted by Crippen LogP contribution is -2.57. The molecule has 0 heterocycles. The van der Waals surface area contributed by atoms with Crippen molar-refractivity contribution in [1.29, 1.82) is 0 Å². The highest BCUT2D eigenvalue weighted by atomic mass is 16.5. The Hall–Kier alpha value is -1.88. The molecular formula is C34H51NO4. The lowest BCUT2D eigenvalue weighted by molar-refractivity contribution is -0.156. The Morgan fingerprint density at radius 1 is 1.08 bits per heavy atom. The first kappa shape index (κ1) is 28.6. The van der Waals surface area contributed by atoms with Crippen LogP contribution in [0.2, 0.25) is 0 Å². The van der Waals surface area contributed by atoms with Gasteiger partial charge in [-0.3, -0.25) is 9.59 Å². The molecule has 4 aliphatic carbocycles.